The van der Waals surface area contributed by atoms with E-state index in [-0.39, 0.29) is 12.5 Å². The van der Waals surface area contributed by atoms with Crippen LogP contribution in [0.4, 0.5) is 11.4 Å². The first-order valence-corrected chi connectivity index (χ1v) is 11.1. The van der Waals surface area contributed by atoms with Gasteiger partial charge in [0.05, 0.1) is 26.3 Å². The van der Waals surface area contributed by atoms with E-state index in [4.69, 9.17) is 39.4 Å². The number of hydrogen-bond acceptors (Lipinski definition) is 4. The zero-order valence-corrected chi connectivity index (χ0v) is 19.0. The van der Waals surface area contributed by atoms with Crippen LogP contribution in [0.3, 0.4) is 0 Å². The van der Waals surface area contributed by atoms with Gasteiger partial charge in [0, 0.05) is 0 Å². The molecule has 0 aliphatic carbocycles. The molecule has 1 aliphatic rings. The molecule has 0 aromatic heterocycles. The maximum Gasteiger partial charge on any atom is 0.271 e. The van der Waals surface area contributed by atoms with Crippen LogP contribution in [0.15, 0.2) is 82.7 Å². The first kappa shape index (κ1) is 22.0. The molecule has 32 heavy (non-hydrogen) atoms. The molecule has 0 saturated carbocycles. The second-order valence-electron chi connectivity index (χ2n) is 6.62. The minimum Gasteiger partial charge on any atom is -0.478 e. The fraction of sp³-hybridized carbons (Fsp3) is 0.0400. The number of aliphatic imine (C=N–C) groups is 1. The minimum absolute atomic E-state index is 0.0551. The van der Waals surface area contributed by atoms with Crippen molar-refractivity contribution < 1.29 is 9.53 Å². The molecule has 4 nitrogen and oxygen atoms in total. The number of nitrogens with zero attached hydrogens (tertiary/aromatic N) is 2. The Bertz CT molecular complexity index is 1230. The lowest BCUT2D eigenvalue weighted by atomic mass is 10.2. The molecule has 0 spiro atoms. The van der Waals surface area contributed by atoms with Crippen molar-refractivity contribution >= 4 is 63.5 Å². The van der Waals surface area contributed by atoms with E-state index in [9.17, 15) is 4.79 Å². The first-order valence-electron chi connectivity index (χ1n) is 9.55. The Balaban J connectivity index is 1.73. The van der Waals surface area contributed by atoms with Gasteiger partial charge in [-0.3, -0.25) is 9.69 Å². The third-order valence-electron chi connectivity index (χ3n) is 4.42. The number of anilines is 1. The molecule has 0 N–H and O–H groups in total. The van der Waals surface area contributed by atoms with Crippen LogP contribution in [-0.2, 0) is 4.79 Å². The molecule has 7 heteroatoms. The summed E-state index contributed by atoms with van der Waals surface area (Å²) in [5, 5.41) is 1.19. The Morgan fingerprint density at radius 3 is 2.28 bits per heavy atom. The van der Waals surface area contributed by atoms with Crippen molar-refractivity contribution in [3.8, 4) is 18.1 Å². The molecular weight excluding hydrogens is 463 g/mol. The topological polar surface area (TPSA) is 41.9 Å². The number of rotatable bonds is 5. The molecule has 4 rings (SSSR count). The highest BCUT2D eigenvalue weighted by Crippen LogP contribution is 2.39. The van der Waals surface area contributed by atoms with Gasteiger partial charge in [-0.15, -0.1) is 6.42 Å². The molecule has 158 valence electrons. The van der Waals surface area contributed by atoms with E-state index in [0.29, 0.717) is 31.4 Å². The van der Waals surface area contributed by atoms with Crippen molar-refractivity contribution in [1.82, 2.24) is 0 Å². The standard InChI is InChI=1S/C25H16Cl2N2O2S/c1-2-13-31-23-20(26)14-17(15-21(23)27)16-22-24(30)29(19-11-7-4-8-12-19)25(32-22)28-18-9-5-3-6-10-18/h1,3-12,14-16H,13H2/b22-16+,28-25?. The molecule has 1 aliphatic heterocycles. The average molecular weight is 479 g/mol. The maximum atomic E-state index is 13.3. The van der Waals surface area contributed by atoms with Gasteiger partial charge in [-0.25, -0.2) is 4.99 Å². The normalized spacial score (nSPS) is 15.9. The zero-order chi connectivity index (χ0) is 22.5. The number of carbonyl (C=O) groups excluding carboxylic acids is 1. The van der Waals surface area contributed by atoms with Crippen LogP contribution in [0, 0.1) is 12.3 Å². The molecule has 0 atom stereocenters. The highest BCUT2D eigenvalue weighted by atomic mass is 35.5. The predicted octanol–water partition coefficient (Wildman–Crippen LogP) is 6.81. The third kappa shape index (κ3) is 4.84. The van der Waals surface area contributed by atoms with Crippen LogP contribution >= 0.6 is 35.0 Å². The van der Waals surface area contributed by atoms with Gasteiger partial charge >= 0.3 is 0 Å². The number of amides is 1. The Morgan fingerprint density at radius 1 is 1.03 bits per heavy atom. The number of benzene rings is 3. The Kier molecular flexibility index (Phi) is 6.87. The average Bonchev–Trinajstić information content (AvgIpc) is 3.09. The van der Waals surface area contributed by atoms with Crippen molar-refractivity contribution in [3.05, 3.63) is 93.3 Å². The molecular formula is C25H16Cl2N2O2S. The van der Waals surface area contributed by atoms with Gasteiger partial charge in [0.1, 0.15) is 6.61 Å². The summed E-state index contributed by atoms with van der Waals surface area (Å²) in [5.41, 5.74) is 2.15. The molecule has 3 aromatic carbocycles. The lowest BCUT2D eigenvalue weighted by Gasteiger charge is -2.15. The van der Waals surface area contributed by atoms with E-state index in [1.165, 1.54) is 11.8 Å². The summed E-state index contributed by atoms with van der Waals surface area (Å²) >= 11 is 13.9. The quantitative estimate of drug-likeness (QED) is 0.298. The molecule has 1 heterocycles. The van der Waals surface area contributed by atoms with Gasteiger partial charge in [0.15, 0.2) is 10.9 Å². The number of ether oxygens (including phenoxy) is 1. The minimum atomic E-state index is -0.184. The zero-order valence-electron chi connectivity index (χ0n) is 16.7. The lowest BCUT2D eigenvalue weighted by molar-refractivity contribution is -0.113. The van der Waals surface area contributed by atoms with Crippen LogP contribution < -0.4 is 9.64 Å². The van der Waals surface area contributed by atoms with Gasteiger partial charge < -0.3 is 4.74 Å². The molecule has 0 unspecified atom stereocenters. The number of carbonyl (C=O) groups is 1. The third-order valence-corrected chi connectivity index (χ3v) is 5.95. The summed E-state index contributed by atoms with van der Waals surface area (Å²) in [4.78, 5) is 20.1. The Hall–Kier alpha value is -3.17. The SMILES string of the molecule is C#CCOc1c(Cl)cc(/C=C2/SC(=Nc3ccccc3)N(c3ccccc3)C2=O)cc1Cl. The Labute approximate surface area is 200 Å². The maximum absolute atomic E-state index is 13.3. The van der Waals surface area contributed by atoms with E-state index in [2.05, 4.69) is 5.92 Å². The van der Waals surface area contributed by atoms with E-state index in [1.54, 1.807) is 23.1 Å². The van der Waals surface area contributed by atoms with E-state index in [0.717, 1.165) is 11.4 Å². The summed E-state index contributed by atoms with van der Waals surface area (Å²) in [6.45, 7) is 0.0551. The fourth-order valence-electron chi connectivity index (χ4n) is 3.03. The fourth-order valence-corrected chi connectivity index (χ4v) is 4.65. The van der Waals surface area contributed by atoms with Gasteiger partial charge in [0.2, 0.25) is 0 Å². The van der Waals surface area contributed by atoms with Crippen molar-refractivity contribution in [2.75, 3.05) is 11.5 Å². The molecule has 0 radical (unpaired) electrons. The summed E-state index contributed by atoms with van der Waals surface area (Å²) in [6.07, 6.45) is 6.97. The molecule has 0 bridgehead atoms. The summed E-state index contributed by atoms with van der Waals surface area (Å²) in [6, 6.07) is 22.2. The largest absolute Gasteiger partial charge is 0.478 e. The van der Waals surface area contributed by atoms with Crippen molar-refractivity contribution in [2.45, 2.75) is 0 Å². The molecule has 3 aromatic rings. The van der Waals surface area contributed by atoms with Gasteiger partial charge in [-0.1, -0.05) is 65.5 Å². The van der Waals surface area contributed by atoms with Crippen molar-refractivity contribution in [1.29, 1.82) is 0 Å². The second kappa shape index (κ2) is 9.97. The van der Waals surface area contributed by atoms with E-state index in [1.807, 2.05) is 60.7 Å². The van der Waals surface area contributed by atoms with Gasteiger partial charge in [-0.05, 0) is 59.8 Å². The lowest BCUT2D eigenvalue weighted by Crippen LogP contribution is -2.28. The number of thioether (sulfide) groups is 1. The molecule has 1 saturated heterocycles. The van der Waals surface area contributed by atoms with E-state index < -0.39 is 0 Å². The summed E-state index contributed by atoms with van der Waals surface area (Å²) in [5.74, 6) is 2.51. The first-order chi connectivity index (χ1) is 15.6. The van der Waals surface area contributed by atoms with Crippen LogP contribution in [0.25, 0.3) is 6.08 Å². The van der Waals surface area contributed by atoms with Crippen LogP contribution in [0.2, 0.25) is 10.0 Å². The number of terminal acetylenes is 1. The number of halogens is 2. The van der Waals surface area contributed by atoms with Crippen LogP contribution in [0.1, 0.15) is 5.56 Å². The molecule has 1 fully saturated rings. The summed E-state index contributed by atoms with van der Waals surface area (Å²) < 4.78 is 5.40. The highest BCUT2D eigenvalue weighted by molar-refractivity contribution is 8.19. The Morgan fingerprint density at radius 2 is 1.66 bits per heavy atom. The number of para-hydroxylation sites is 2. The van der Waals surface area contributed by atoms with Crippen molar-refractivity contribution in [3.63, 3.8) is 0 Å². The summed E-state index contributed by atoms with van der Waals surface area (Å²) in [7, 11) is 0. The van der Waals surface area contributed by atoms with Gasteiger partial charge in [0.25, 0.3) is 5.91 Å². The number of amidine groups is 1. The van der Waals surface area contributed by atoms with Crippen molar-refractivity contribution in [2.24, 2.45) is 4.99 Å². The second-order valence-corrected chi connectivity index (χ2v) is 8.45. The monoisotopic (exact) mass is 478 g/mol. The van der Waals surface area contributed by atoms with Crippen LogP contribution in [0.5, 0.6) is 5.75 Å². The smallest absolute Gasteiger partial charge is 0.271 e. The van der Waals surface area contributed by atoms with Crippen LogP contribution in [-0.4, -0.2) is 17.7 Å². The van der Waals surface area contributed by atoms with Gasteiger partial charge in [-0.2, -0.15) is 0 Å². The molecule has 1 amide bonds. The highest BCUT2D eigenvalue weighted by Gasteiger charge is 2.34. The number of hydrogen-bond donors (Lipinski definition) is 0. The van der Waals surface area contributed by atoms with E-state index >= 15 is 0 Å². The predicted molar refractivity (Wildman–Crippen MR) is 134 cm³/mol.